The van der Waals surface area contributed by atoms with Crippen molar-refractivity contribution >= 4 is 59.3 Å². The summed E-state index contributed by atoms with van der Waals surface area (Å²) >= 11 is 1.89. The van der Waals surface area contributed by atoms with E-state index in [1.165, 1.54) is 64.3 Å². The SMILES string of the molecule is c1ccc(-c2ccc(N(c3ccc(-c4ccccc4)cc3)c3cccc(-c4cccc5c4sc4ccc6ccccc6c45)c3)cc2)cc1. The Labute approximate surface area is 284 Å². The second kappa shape index (κ2) is 12.0. The normalized spacial score (nSPS) is 11.3. The average Bonchev–Trinajstić information content (AvgIpc) is 3.56. The van der Waals surface area contributed by atoms with Crippen molar-refractivity contribution < 1.29 is 0 Å². The number of thiophene rings is 1. The summed E-state index contributed by atoms with van der Waals surface area (Å²) in [6, 6.07) is 68.0. The molecule has 0 unspecified atom stereocenters. The molecule has 0 aliphatic heterocycles. The van der Waals surface area contributed by atoms with Crippen LogP contribution in [-0.4, -0.2) is 0 Å². The van der Waals surface area contributed by atoms with Gasteiger partial charge in [-0.2, -0.15) is 0 Å². The first-order chi connectivity index (χ1) is 23.8. The first-order valence-corrected chi connectivity index (χ1v) is 17.2. The largest absolute Gasteiger partial charge is 0.310 e. The van der Waals surface area contributed by atoms with E-state index in [9.17, 15) is 0 Å². The highest BCUT2D eigenvalue weighted by Gasteiger charge is 2.17. The zero-order valence-corrected chi connectivity index (χ0v) is 27.1. The maximum Gasteiger partial charge on any atom is 0.0467 e. The third kappa shape index (κ3) is 5.04. The van der Waals surface area contributed by atoms with E-state index in [0.29, 0.717) is 0 Å². The van der Waals surface area contributed by atoms with E-state index in [2.05, 4.69) is 193 Å². The number of anilines is 3. The van der Waals surface area contributed by atoms with Gasteiger partial charge in [-0.1, -0.05) is 146 Å². The van der Waals surface area contributed by atoms with Gasteiger partial charge < -0.3 is 4.90 Å². The van der Waals surface area contributed by atoms with Crippen LogP contribution in [0.15, 0.2) is 188 Å². The summed E-state index contributed by atoms with van der Waals surface area (Å²) in [5, 5.41) is 5.27. The van der Waals surface area contributed by atoms with Gasteiger partial charge in [0.05, 0.1) is 0 Å². The quantitative estimate of drug-likeness (QED) is 0.177. The molecular formula is C46H31NS. The van der Waals surface area contributed by atoms with Crippen LogP contribution in [-0.2, 0) is 0 Å². The molecule has 0 spiro atoms. The lowest BCUT2D eigenvalue weighted by Crippen LogP contribution is -2.10. The maximum atomic E-state index is 2.37. The van der Waals surface area contributed by atoms with Crippen molar-refractivity contribution in [2.24, 2.45) is 0 Å². The molecule has 2 heteroatoms. The van der Waals surface area contributed by atoms with Crippen LogP contribution in [0.25, 0.3) is 64.3 Å². The summed E-state index contributed by atoms with van der Waals surface area (Å²) in [6.07, 6.45) is 0. The van der Waals surface area contributed by atoms with Crippen LogP contribution < -0.4 is 4.90 Å². The zero-order valence-electron chi connectivity index (χ0n) is 26.3. The Morgan fingerprint density at radius 3 is 1.56 bits per heavy atom. The molecule has 1 nitrogen and oxygen atoms in total. The van der Waals surface area contributed by atoms with Gasteiger partial charge in [-0.25, -0.2) is 0 Å². The van der Waals surface area contributed by atoms with E-state index in [0.717, 1.165) is 17.1 Å². The Morgan fingerprint density at radius 2 is 0.896 bits per heavy atom. The molecule has 0 saturated carbocycles. The third-order valence-corrected chi connectivity index (χ3v) is 10.5. The summed E-state index contributed by atoms with van der Waals surface area (Å²) in [7, 11) is 0. The van der Waals surface area contributed by atoms with Gasteiger partial charge in [-0.3, -0.25) is 0 Å². The summed E-state index contributed by atoms with van der Waals surface area (Å²) in [6.45, 7) is 0. The van der Waals surface area contributed by atoms with Crippen molar-refractivity contribution in [3.63, 3.8) is 0 Å². The molecule has 9 rings (SSSR count). The highest BCUT2D eigenvalue weighted by molar-refractivity contribution is 7.26. The standard InChI is InChI=1S/C46H31NS/c1-3-11-32(12-4-1)34-21-26-38(27-22-34)47(39-28-23-35(24-29-39)33-13-5-2-6-14-33)40-17-9-16-37(31-40)42-19-10-20-43-45-41-18-8-7-15-36(41)25-30-44(45)48-46(42)43/h1-31H. The molecule has 0 radical (unpaired) electrons. The molecule has 0 N–H and O–H groups in total. The van der Waals surface area contributed by atoms with Gasteiger partial charge >= 0.3 is 0 Å². The lowest BCUT2D eigenvalue weighted by Gasteiger charge is -2.26. The minimum absolute atomic E-state index is 1.12. The number of nitrogens with zero attached hydrogens (tertiary/aromatic N) is 1. The van der Waals surface area contributed by atoms with Crippen molar-refractivity contribution in [1.29, 1.82) is 0 Å². The Morgan fingerprint density at radius 1 is 0.354 bits per heavy atom. The molecule has 0 fully saturated rings. The topological polar surface area (TPSA) is 3.24 Å². The molecule has 9 aromatic rings. The van der Waals surface area contributed by atoms with Crippen LogP contribution in [0.2, 0.25) is 0 Å². The predicted octanol–water partition coefficient (Wildman–Crippen LogP) is 13.7. The monoisotopic (exact) mass is 629 g/mol. The van der Waals surface area contributed by atoms with Gasteiger partial charge in [0.15, 0.2) is 0 Å². The van der Waals surface area contributed by atoms with Gasteiger partial charge in [0.1, 0.15) is 0 Å². The second-order valence-electron chi connectivity index (χ2n) is 12.2. The van der Waals surface area contributed by atoms with Crippen LogP contribution in [0.4, 0.5) is 17.1 Å². The van der Waals surface area contributed by atoms with E-state index < -0.39 is 0 Å². The summed E-state index contributed by atoms with van der Waals surface area (Å²) in [4.78, 5) is 2.37. The molecule has 0 bridgehead atoms. The smallest absolute Gasteiger partial charge is 0.0467 e. The molecule has 1 aromatic heterocycles. The number of fused-ring (bicyclic) bond motifs is 5. The van der Waals surface area contributed by atoms with Crippen molar-refractivity contribution in [2.45, 2.75) is 0 Å². The highest BCUT2D eigenvalue weighted by atomic mass is 32.1. The molecule has 1 heterocycles. The van der Waals surface area contributed by atoms with E-state index in [1.54, 1.807) is 0 Å². The van der Waals surface area contributed by atoms with Crippen molar-refractivity contribution in [3.05, 3.63) is 188 Å². The number of benzene rings is 8. The number of hydrogen-bond donors (Lipinski definition) is 0. The van der Waals surface area contributed by atoms with Gasteiger partial charge in [0.2, 0.25) is 0 Å². The second-order valence-corrected chi connectivity index (χ2v) is 13.2. The number of rotatable bonds is 6. The fourth-order valence-electron chi connectivity index (χ4n) is 6.92. The molecular weight excluding hydrogens is 599 g/mol. The lowest BCUT2D eigenvalue weighted by molar-refractivity contribution is 1.28. The first-order valence-electron chi connectivity index (χ1n) is 16.3. The first kappa shape index (κ1) is 28.3. The molecule has 0 saturated heterocycles. The average molecular weight is 630 g/mol. The fraction of sp³-hybridized carbons (Fsp3) is 0. The Balaban J connectivity index is 1.17. The molecule has 48 heavy (non-hydrogen) atoms. The third-order valence-electron chi connectivity index (χ3n) is 9.27. The van der Waals surface area contributed by atoms with Crippen LogP contribution in [0.1, 0.15) is 0 Å². The van der Waals surface area contributed by atoms with E-state index in [-0.39, 0.29) is 0 Å². The lowest BCUT2D eigenvalue weighted by atomic mass is 9.99. The van der Waals surface area contributed by atoms with Crippen molar-refractivity contribution in [2.75, 3.05) is 4.90 Å². The van der Waals surface area contributed by atoms with Gasteiger partial charge in [-0.05, 0) is 86.6 Å². The minimum Gasteiger partial charge on any atom is -0.310 e. The summed E-state index contributed by atoms with van der Waals surface area (Å²) in [5.41, 5.74) is 10.7. The van der Waals surface area contributed by atoms with E-state index in [1.807, 2.05) is 11.3 Å². The molecule has 0 atom stereocenters. The molecule has 0 amide bonds. The van der Waals surface area contributed by atoms with E-state index >= 15 is 0 Å². The fourth-order valence-corrected chi connectivity index (χ4v) is 8.18. The molecule has 226 valence electrons. The molecule has 0 aliphatic rings. The zero-order chi connectivity index (χ0) is 31.9. The molecule has 8 aromatic carbocycles. The highest BCUT2D eigenvalue weighted by Crippen LogP contribution is 2.44. The van der Waals surface area contributed by atoms with Gasteiger partial charge in [-0.15, -0.1) is 11.3 Å². The summed E-state index contributed by atoms with van der Waals surface area (Å²) in [5.74, 6) is 0. The van der Waals surface area contributed by atoms with Crippen molar-refractivity contribution in [3.8, 4) is 33.4 Å². The van der Waals surface area contributed by atoms with Crippen LogP contribution in [0.3, 0.4) is 0 Å². The van der Waals surface area contributed by atoms with Crippen LogP contribution in [0, 0.1) is 0 Å². The summed E-state index contributed by atoms with van der Waals surface area (Å²) < 4.78 is 2.65. The Kier molecular flexibility index (Phi) is 7.07. The van der Waals surface area contributed by atoms with Crippen LogP contribution in [0.5, 0.6) is 0 Å². The maximum absolute atomic E-state index is 2.37. The number of hydrogen-bond acceptors (Lipinski definition) is 2. The van der Waals surface area contributed by atoms with Gasteiger partial charge in [0.25, 0.3) is 0 Å². The Bertz CT molecular complexity index is 2450. The molecule has 0 aliphatic carbocycles. The van der Waals surface area contributed by atoms with Crippen molar-refractivity contribution in [1.82, 2.24) is 0 Å². The minimum atomic E-state index is 1.12. The Hall–Kier alpha value is -5.96. The predicted molar refractivity (Wildman–Crippen MR) is 208 cm³/mol. The van der Waals surface area contributed by atoms with Gasteiger partial charge in [0, 0.05) is 37.2 Å². The van der Waals surface area contributed by atoms with E-state index in [4.69, 9.17) is 0 Å². The van der Waals surface area contributed by atoms with Crippen LogP contribution >= 0.6 is 11.3 Å².